The summed E-state index contributed by atoms with van der Waals surface area (Å²) in [5.41, 5.74) is 5.50. The van der Waals surface area contributed by atoms with Crippen LogP contribution in [-0.2, 0) is 11.3 Å². The van der Waals surface area contributed by atoms with E-state index in [0.717, 1.165) is 23.5 Å². The van der Waals surface area contributed by atoms with Gasteiger partial charge < -0.3 is 14.0 Å². The lowest BCUT2D eigenvalue weighted by atomic mass is 10.2. The van der Waals surface area contributed by atoms with Crippen molar-refractivity contribution in [3.05, 3.63) is 83.0 Å². The SMILES string of the molecule is Cc1cc(-c2csc(NC(=O)C3COc4ccccc4O3)n2)c(C)n1Cc1ccccc1. The van der Waals surface area contributed by atoms with Gasteiger partial charge in [0.15, 0.2) is 16.6 Å². The molecule has 4 aromatic rings. The number of para-hydroxylation sites is 2. The molecule has 1 unspecified atom stereocenters. The maximum atomic E-state index is 12.7. The van der Waals surface area contributed by atoms with Crippen molar-refractivity contribution in [2.75, 3.05) is 11.9 Å². The van der Waals surface area contributed by atoms with Gasteiger partial charge in [0.1, 0.15) is 6.61 Å². The lowest BCUT2D eigenvalue weighted by Crippen LogP contribution is -2.40. The van der Waals surface area contributed by atoms with Gasteiger partial charge in [0, 0.05) is 28.9 Å². The van der Waals surface area contributed by atoms with Crippen molar-refractivity contribution in [3.63, 3.8) is 0 Å². The average Bonchev–Trinajstić information content (AvgIpc) is 3.39. The Kier molecular flexibility index (Phi) is 5.41. The van der Waals surface area contributed by atoms with E-state index in [1.807, 2.05) is 29.6 Å². The van der Waals surface area contributed by atoms with Crippen LogP contribution in [0.15, 0.2) is 66.0 Å². The van der Waals surface area contributed by atoms with Crippen LogP contribution in [0.4, 0.5) is 5.13 Å². The summed E-state index contributed by atoms with van der Waals surface area (Å²) in [5.74, 6) is 0.957. The molecule has 0 aliphatic carbocycles. The van der Waals surface area contributed by atoms with Crippen molar-refractivity contribution < 1.29 is 14.3 Å². The molecular formula is C25H23N3O3S. The van der Waals surface area contributed by atoms with Crippen molar-refractivity contribution >= 4 is 22.4 Å². The predicted molar refractivity (Wildman–Crippen MR) is 126 cm³/mol. The van der Waals surface area contributed by atoms with Crippen LogP contribution in [0.5, 0.6) is 11.5 Å². The average molecular weight is 446 g/mol. The van der Waals surface area contributed by atoms with Crippen LogP contribution >= 0.6 is 11.3 Å². The minimum absolute atomic E-state index is 0.168. The second-order valence-electron chi connectivity index (χ2n) is 7.75. The highest BCUT2D eigenvalue weighted by Crippen LogP contribution is 2.32. The molecule has 1 aliphatic heterocycles. The molecule has 0 saturated carbocycles. The standard InChI is InChI=1S/C25H23N3O3S/c1-16-12-19(17(2)28(16)13-18-8-4-3-5-9-18)20-15-32-25(26-20)27-24(29)23-14-30-21-10-6-7-11-22(21)31-23/h3-12,15,23H,13-14H2,1-2H3,(H,26,27,29). The molecule has 0 bridgehead atoms. The Morgan fingerprint density at radius 2 is 1.88 bits per heavy atom. The number of benzene rings is 2. The van der Waals surface area contributed by atoms with E-state index in [9.17, 15) is 4.79 Å². The van der Waals surface area contributed by atoms with Crippen molar-refractivity contribution in [2.24, 2.45) is 0 Å². The van der Waals surface area contributed by atoms with Crippen molar-refractivity contribution in [1.29, 1.82) is 0 Å². The molecule has 1 atom stereocenters. The van der Waals surface area contributed by atoms with Gasteiger partial charge in [0.05, 0.1) is 5.69 Å². The van der Waals surface area contributed by atoms with Crippen LogP contribution in [0.1, 0.15) is 17.0 Å². The van der Waals surface area contributed by atoms with Crippen LogP contribution in [0.25, 0.3) is 11.3 Å². The number of amides is 1. The molecule has 6 nitrogen and oxygen atoms in total. The Hall–Kier alpha value is -3.58. The number of carbonyl (C=O) groups excluding carboxylic acids is 1. The number of fused-ring (bicyclic) bond motifs is 1. The number of carbonyl (C=O) groups is 1. The van der Waals surface area contributed by atoms with E-state index in [1.54, 1.807) is 6.07 Å². The molecule has 1 N–H and O–H groups in total. The summed E-state index contributed by atoms with van der Waals surface area (Å²) < 4.78 is 13.7. The topological polar surface area (TPSA) is 65.4 Å². The maximum Gasteiger partial charge on any atom is 0.270 e. The quantitative estimate of drug-likeness (QED) is 0.467. The first-order chi connectivity index (χ1) is 15.6. The second-order valence-corrected chi connectivity index (χ2v) is 8.61. The van der Waals surface area contributed by atoms with E-state index in [0.29, 0.717) is 16.6 Å². The highest BCUT2D eigenvalue weighted by Gasteiger charge is 2.28. The van der Waals surface area contributed by atoms with Gasteiger partial charge in [-0.2, -0.15) is 0 Å². The molecule has 1 amide bonds. The van der Waals surface area contributed by atoms with E-state index < -0.39 is 6.10 Å². The summed E-state index contributed by atoms with van der Waals surface area (Å²) in [5, 5.41) is 5.38. The van der Waals surface area contributed by atoms with Gasteiger partial charge in [0.25, 0.3) is 5.91 Å². The first-order valence-electron chi connectivity index (χ1n) is 10.4. The fraction of sp³-hybridized carbons (Fsp3) is 0.200. The van der Waals surface area contributed by atoms with E-state index in [4.69, 9.17) is 9.47 Å². The van der Waals surface area contributed by atoms with E-state index in [2.05, 4.69) is 59.0 Å². The summed E-state index contributed by atoms with van der Waals surface area (Å²) in [6, 6.07) is 19.9. The second kappa shape index (κ2) is 8.51. The minimum Gasteiger partial charge on any atom is -0.485 e. The smallest absolute Gasteiger partial charge is 0.270 e. The van der Waals surface area contributed by atoms with Crippen LogP contribution < -0.4 is 14.8 Å². The van der Waals surface area contributed by atoms with Gasteiger partial charge in [-0.3, -0.25) is 10.1 Å². The third-order valence-electron chi connectivity index (χ3n) is 5.57. The lowest BCUT2D eigenvalue weighted by molar-refractivity contribution is -0.125. The third-order valence-corrected chi connectivity index (χ3v) is 6.33. The number of nitrogens with one attached hydrogen (secondary N) is 1. The number of rotatable bonds is 5. The molecule has 32 heavy (non-hydrogen) atoms. The molecule has 162 valence electrons. The first-order valence-corrected chi connectivity index (χ1v) is 11.3. The highest BCUT2D eigenvalue weighted by molar-refractivity contribution is 7.14. The van der Waals surface area contributed by atoms with Gasteiger partial charge in [0.2, 0.25) is 6.10 Å². The van der Waals surface area contributed by atoms with Crippen LogP contribution in [-0.4, -0.2) is 28.2 Å². The molecule has 2 aromatic heterocycles. The fourth-order valence-electron chi connectivity index (χ4n) is 3.86. The third kappa shape index (κ3) is 3.99. The van der Waals surface area contributed by atoms with Crippen molar-refractivity contribution in [1.82, 2.24) is 9.55 Å². The van der Waals surface area contributed by atoms with Crippen LogP contribution in [0.2, 0.25) is 0 Å². The molecule has 2 aromatic carbocycles. The summed E-state index contributed by atoms with van der Waals surface area (Å²) in [6.45, 7) is 5.19. The van der Waals surface area contributed by atoms with Gasteiger partial charge in [-0.15, -0.1) is 11.3 Å². The zero-order chi connectivity index (χ0) is 22.1. The largest absolute Gasteiger partial charge is 0.485 e. The number of aryl methyl sites for hydroxylation is 1. The Labute approximate surface area is 190 Å². The van der Waals surface area contributed by atoms with Crippen molar-refractivity contribution in [3.8, 4) is 22.8 Å². The number of hydrogen-bond acceptors (Lipinski definition) is 5. The molecule has 3 heterocycles. The predicted octanol–water partition coefficient (Wildman–Crippen LogP) is 5.06. The lowest BCUT2D eigenvalue weighted by Gasteiger charge is -2.25. The number of thiazole rings is 1. The van der Waals surface area contributed by atoms with E-state index in [-0.39, 0.29) is 12.5 Å². The number of anilines is 1. The van der Waals surface area contributed by atoms with E-state index >= 15 is 0 Å². The number of aromatic nitrogens is 2. The first kappa shape index (κ1) is 20.3. The Balaban J connectivity index is 1.30. The number of hydrogen-bond donors (Lipinski definition) is 1. The molecule has 0 saturated heterocycles. The van der Waals surface area contributed by atoms with Crippen LogP contribution in [0, 0.1) is 13.8 Å². The minimum atomic E-state index is -0.715. The summed E-state index contributed by atoms with van der Waals surface area (Å²) in [4.78, 5) is 17.4. The van der Waals surface area contributed by atoms with E-state index in [1.165, 1.54) is 22.6 Å². The van der Waals surface area contributed by atoms with Gasteiger partial charge in [-0.1, -0.05) is 42.5 Å². The molecule has 1 aliphatic rings. The molecule has 5 rings (SSSR count). The monoisotopic (exact) mass is 445 g/mol. The normalized spacial score (nSPS) is 14.9. The Bertz CT molecular complexity index is 1260. The van der Waals surface area contributed by atoms with Crippen molar-refractivity contribution in [2.45, 2.75) is 26.5 Å². The summed E-state index contributed by atoms with van der Waals surface area (Å²) >= 11 is 1.40. The summed E-state index contributed by atoms with van der Waals surface area (Å²) in [6.07, 6.45) is -0.715. The molecule has 0 fully saturated rings. The van der Waals surface area contributed by atoms with Gasteiger partial charge in [-0.25, -0.2) is 4.98 Å². The Morgan fingerprint density at radius 3 is 2.69 bits per heavy atom. The zero-order valence-electron chi connectivity index (χ0n) is 17.9. The molecule has 0 spiro atoms. The number of nitrogens with zero attached hydrogens (tertiary/aromatic N) is 2. The Morgan fingerprint density at radius 1 is 1.12 bits per heavy atom. The maximum absolute atomic E-state index is 12.7. The zero-order valence-corrected chi connectivity index (χ0v) is 18.7. The molecule has 0 radical (unpaired) electrons. The molecule has 7 heteroatoms. The van der Waals surface area contributed by atoms with Crippen LogP contribution in [0.3, 0.4) is 0 Å². The summed E-state index contributed by atoms with van der Waals surface area (Å²) in [7, 11) is 0. The fourth-order valence-corrected chi connectivity index (χ4v) is 4.57. The number of ether oxygens (including phenoxy) is 2. The molecular weight excluding hydrogens is 422 g/mol. The highest BCUT2D eigenvalue weighted by atomic mass is 32.1. The van der Waals surface area contributed by atoms with Gasteiger partial charge >= 0.3 is 0 Å². The van der Waals surface area contributed by atoms with Gasteiger partial charge in [-0.05, 0) is 37.6 Å².